The van der Waals surface area contributed by atoms with E-state index in [9.17, 15) is 9.59 Å². The Morgan fingerprint density at radius 3 is 2.76 bits per heavy atom. The summed E-state index contributed by atoms with van der Waals surface area (Å²) in [5, 5.41) is 2.96. The Kier molecular flexibility index (Phi) is 5.45. The molecule has 152 valence electrons. The van der Waals surface area contributed by atoms with Crippen LogP contribution in [-0.4, -0.2) is 27.6 Å². The van der Waals surface area contributed by atoms with Crippen LogP contribution in [0.5, 0.6) is 5.88 Å². The molecule has 0 atom stereocenters. The Bertz CT molecular complexity index is 1110. The maximum atomic E-state index is 12.7. The molecule has 1 amide bonds. The number of fused-ring (bicyclic) bond motifs is 1. The number of hydrogen-bond acceptors (Lipinski definition) is 4. The number of aromatic amines is 1. The zero-order valence-electron chi connectivity index (χ0n) is 16.4. The molecule has 1 aromatic carbocycles. The van der Waals surface area contributed by atoms with Gasteiger partial charge in [0.15, 0.2) is 0 Å². The molecule has 0 spiro atoms. The van der Waals surface area contributed by atoms with Crippen LogP contribution in [0.25, 0.3) is 11.0 Å². The van der Waals surface area contributed by atoms with Gasteiger partial charge in [0.05, 0.1) is 30.0 Å². The number of hydrogen-bond donors (Lipinski definition) is 2. The number of aryl methyl sites for hydroxylation is 1. The molecule has 2 heterocycles. The molecule has 1 aliphatic carbocycles. The molecule has 0 aliphatic heterocycles. The molecule has 29 heavy (non-hydrogen) atoms. The minimum atomic E-state index is -0.0976. The van der Waals surface area contributed by atoms with Crippen molar-refractivity contribution in [3.63, 3.8) is 0 Å². The van der Waals surface area contributed by atoms with Gasteiger partial charge in [-0.05, 0) is 66.7 Å². The highest BCUT2D eigenvalue weighted by Crippen LogP contribution is 2.34. The summed E-state index contributed by atoms with van der Waals surface area (Å²) >= 11 is 3.49. The SMILES string of the molecule is COc1ncc(NC(=O)C2CCC(n3c(=O)[nH]c4c(Br)cccc43)CC2)cc1C. The smallest absolute Gasteiger partial charge is 0.326 e. The average molecular weight is 459 g/mol. The van der Waals surface area contributed by atoms with Crippen LogP contribution in [0.15, 0.2) is 39.7 Å². The van der Waals surface area contributed by atoms with Crippen molar-refractivity contribution in [2.75, 3.05) is 12.4 Å². The first-order chi connectivity index (χ1) is 14.0. The maximum absolute atomic E-state index is 12.7. The predicted octanol–water partition coefficient (Wildman–Crippen LogP) is 4.17. The van der Waals surface area contributed by atoms with E-state index in [-0.39, 0.29) is 23.6 Å². The summed E-state index contributed by atoms with van der Waals surface area (Å²) < 4.78 is 7.87. The average Bonchev–Trinajstić information content (AvgIpc) is 3.05. The second kappa shape index (κ2) is 8.02. The summed E-state index contributed by atoms with van der Waals surface area (Å²) in [6.45, 7) is 1.89. The first-order valence-corrected chi connectivity index (χ1v) is 10.5. The van der Waals surface area contributed by atoms with Crippen molar-refractivity contribution in [3.05, 3.63) is 51.0 Å². The number of imidazole rings is 1. The van der Waals surface area contributed by atoms with Crippen LogP contribution in [-0.2, 0) is 4.79 Å². The molecule has 0 radical (unpaired) electrons. The van der Waals surface area contributed by atoms with Crippen LogP contribution in [0.2, 0.25) is 0 Å². The van der Waals surface area contributed by atoms with E-state index in [2.05, 4.69) is 31.2 Å². The van der Waals surface area contributed by atoms with E-state index in [0.717, 1.165) is 46.8 Å². The number of nitrogens with one attached hydrogen (secondary N) is 2. The molecule has 1 saturated carbocycles. The molecule has 8 heteroatoms. The number of rotatable bonds is 4. The number of nitrogens with zero attached hydrogens (tertiary/aromatic N) is 2. The fraction of sp³-hybridized carbons (Fsp3) is 0.381. The van der Waals surface area contributed by atoms with E-state index in [1.807, 2.05) is 35.8 Å². The summed E-state index contributed by atoms with van der Waals surface area (Å²) in [5.41, 5.74) is 3.17. The summed E-state index contributed by atoms with van der Waals surface area (Å²) in [7, 11) is 1.57. The normalized spacial score (nSPS) is 19.3. The lowest BCUT2D eigenvalue weighted by Gasteiger charge is -2.28. The number of ether oxygens (including phenoxy) is 1. The van der Waals surface area contributed by atoms with Gasteiger partial charge in [0, 0.05) is 22.0 Å². The summed E-state index contributed by atoms with van der Waals surface area (Å²) in [5.74, 6) is 0.490. The zero-order valence-corrected chi connectivity index (χ0v) is 18.0. The Balaban J connectivity index is 1.44. The Labute approximate surface area is 176 Å². The standard InChI is InChI=1S/C21H23BrN4O3/c1-12-10-14(11-23-20(12)29-2)24-19(27)13-6-8-15(9-7-13)26-17-5-3-4-16(22)18(17)25-21(26)28/h3-5,10-11,13,15H,6-9H2,1-2H3,(H,24,27)(H,25,28). The minimum absolute atomic E-state index is 0.00355. The van der Waals surface area contributed by atoms with Crippen molar-refractivity contribution >= 4 is 38.6 Å². The molecule has 1 fully saturated rings. The topological polar surface area (TPSA) is 89.0 Å². The third kappa shape index (κ3) is 3.81. The molecule has 2 N–H and O–H groups in total. The monoisotopic (exact) mass is 458 g/mol. The lowest BCUT2D eigenvalue weighted by Crippen LogP contribution is -2.31. The van der Waals surface area contributed by atoms with Crippen LogP contribution >= 0.6 is 15.9 Å². The van der Waals surface area contributed by atoms with E-state index in [1.165, 1.54) is 0 Å². The summed E-state index contributed by atoms with van der Waals surface area (Å²) in [4.78, 5) is 32.4. The van der Waals surface area contributed by atoms with E-state index in [0.29, 0.717) is 11.6 Å². The lowest BCUT2D eigenvalue weighted by molar-refractivity contribution is -0.121. The van der Waals surface area contributed by atoms with Crippen molar-refractivity contribution in [1.82, 2.24) is 14.5 Å². The largest absolute Gasteiger partial charge is 0.481 e. The quantitative estimate of drug-likeness (QED) is 0.613. The highest BCUT2D eigenvalue weighted by molar-refractivity contribution is 9.10. The fourth-order valence-electron chi connectivity index (χ4n) is 4.16. The van der Waals surface area contributed by atoms with Crippen molar-refractivity contribution in [3.8, 4) is 5.88 Å². The van der Waals surface area contributed by atoms with Crippen LogP contribution < -0.4 is 15.7 Å². The Hall–Kier alpha value is -2.61. The van der Waals surface area contributed by atoms with E-state index >= 15 is 0 Å². The zero-order chi connectivity index (χ0) is 20.5. The number of amides is 1. The molecule has 2 aromatic heterocycles. The number of H-pyrrole nitrogens is 1. The summed E-state index contributed by atoms with van der Waals surface area (Å²) in [6, 6.07) is 7.76. The lowest BCUT2D eigenvalue weighted by atomic mass is 9.85. The number of carbonyl (C=O) groups is 1. The highest BCUT2D eigenvalue weighted by atomic mass is 79.9. The number of benzene rings is 1. The Morgan fingerprint density at radius 2 is 2.07 bits per heavy atom. The first-order valence-electron chi connectivity index (χ1n) is 9.68. The molecule has 4 rings (SSSR count). The number of methoxy groups -OCH3 is 1. The van der Waals surface area contributed by atoms with Gasteiger partial charge in [-0.25, -0.2) is 9.78 Å². The van der Waals surface area contributed by atoms with Crippen LogP contribution in [0.4, 0.5) is 5.69 Å². The first kappa shape index (κ1) is 19.7. The third-order valence-electron chi connectivity index (χ3n) is 5.63. The van der Waals surface area contributed by atoms with Gasteiger partial charge in [0.1, 0.15) is 0 Å². The summed E-state index contributed by atoms with van der Waals surface area (Å²) in [6.07, 6.45) is 4.67. The van der Waals surface area contributed by atoms with Gasteiger partial charge in [-0.1, -0.05) is 6.07 Å². The van der Waals surface area contributed by atoms with Gasteiger partial charge in [-0.15, -0.1) is 0 Å². The number of anilines is 1. The number of para-hydroxylation sites is 1. The van der Waals surface area contributed by atoms with Gasteiger partial charge in [-0.3, -0.25) is 9.36 Å². The molecule has 7 nitrogen and oxygen atoms in total. The third-order valence-corrected chi connectivity index (χ3v) is 6.29. The van der Waals surface area contributed by atoms with Crippen molar-refractivity contribution < 1.29 is 9.53 Å². The number of carbonyl (C=O) groups excluding carboxylic acids is 1. The van der Waals surface area contributed by atoms with E-state index in [1.54, 1.807) is 13.3 Å². The van der Waals surface area contributed by atoms with Crippen molar-refractivity contribution in [2.45, 2.75) is 38.6 Å². The Morgan fingerprint density at radius 1 is 1.31 bits per heavy atom. The van der Waals surface area contributed by atoms with E-state index < -0.39 is 0 Å². The molecule has 1 aliphatic rings. The van der Waals surface area contributed by atoms with Crippen LogP contribution in [0.3, 0.4) is 0 Å². The predicted molar refractivity (Wildman–Crippen MR) is 115 cm³/mol. The second-order valence-corrected chi connectivity index (χ2v) is 8.33. The molecule has 0 bridgehead atoms. The molecule has 0 unspecified atom stereocenters. The van der Waals surface area contributed by atoms with Crippen molar-refractivity contribution in [2.24, 2.45) is 5.92 Å². The number of halogens is 1. The molecular weight excluding hydrogens is 436 g/mol. The van der Waals surface area contributed by atoms with Crippen LogP contribution in [0, 0.1) is 12.8 Å². The van der Waals surface area contributed by atoms with Gasteiger partial charge in [-0.2, -0.15) is 0 Å². The molecule has 3 aromatic rings. The van der Waals surface area contributed by atoms with E-state index in [4.69, 9.17) is 4.74 Å². The van der Waals surface area contributed by atoms with Gasteiger partial charge in [0.2, 0.25) is 11.8 Å². The minimum Gasteiger partial charge on any atom is -0.481 e. The fourth-order valence-corrected chi connectivity index (χ4v) is 4.62. The van der Waals surface area contributed by atoms with Crippen LogP contribution in [0.1, 0.15) is 37.3 Å². The van der Waals surface area contributed by atoms with Crippen molar-refractivity contribution in [1.29, 1.82) is 0 Å². The van der Waals surface area contributed by atoms with Gasteiger partial charge < -0.3 is 15.0 Å². The number of aromatic nitrogens is 3. The highest BCUT2D eigenvalue weighted by Gasteiger charge is 2.29. The molecular formula is C21H23BrN4O3. The molecule has 0 saturated heterocycles. The maximum Gasteiger partial charge on any atom is 0.326 e. The van der Waals surface area contributed by atoms with Gasteiger partial charge in [0.25, 0.3) is 0 Å². The van der Waals surface area contributed by atoms with Gasteiger partial charge >= 0.3 is 5.69 Å². The number of pyridine rings is 1. The second-order valence-electron chi connectivity index (χ2n) is 7.48.